The maximum absolute atomic E-state index is 13.5. The molecule has 2 aromatic carbocycles. The number of aryl methyl sites for hydroxylation is 1. The Bertz CT molecular complexity index is 1060. The number of nitrogens with one attached hydrogen (secondary N) is 1. The molecule has 0 unspecified atom stereocenters. The molecule has 4 heteroatoms. The number of allylic oxidation sites excluding steroid dienone is 3. The van der Waals surface area contributed by atoms with Crippen molar-refractivity contribution in [2.45, 2.75) is 58.5 Å². The Labute approximate surface area is 184 Å². The summed E-state index contributed by atoms with van der Waals surface area (Å²) in [4.78, 5) is 26.6. The van der Waals surface area contributed by atoms with E-state index in [-0.39, 0.29) is 23.8 Å². The predicted octanol–water partition coefficient (Wildman–Crippen LogP) is 5.31. The fraction of sp³-hybridized carbons (Fsp3) is 0.333. The van der Waals surface area contributed by atoms with Gasteiger partial charge in [0.2, 0.25) is 0 Å². The highest BCUT2D eigenvalue weighted by Crippen LogP contribution is 2.45. The van der Waals surface area contributed by atoms with Gasteiger partial charge < -0.3 is 10.1 Å². The van der Waals surface area contributed by atoms with Crippen LogP contribution in [0.4, 0.5) is 0 Å². The molecule has 1 heterocycles. The number of esters is 1. The first-order valence-electron chi connectivity index (χ1n) is 10.9. The minimum Gasteiger partial charge on any atom is -0.460 e. The van der Waals surface area contributed by atoms with Gasteiger partial charge in [-0.1, -0.05) is 60.2 Å². The number of Topliss-reactive ketones (excluding diaryl/α,β-unsaturated/α-hetero) is 1. The molecule has 2 atom stereocenters. The highest BCUT2D eigenvalue weighted by atomic mass is 16.5. The zero-order valence-corrected chi connectivity index (χ0v) is 18.6. The third kappa shape index (κ3) is 4.20. The first-order valence-corrected chi connectivity index (χ1v) is 10.9. The van der Waals surface area contributed by atoms with E-state index in [1.54, 1.807) is 0 Å². The lowest BCUT2D eigenvalue weighted by Gasteiger charge is -2.37. The zero-order chi connectivity index (χ0) is 22.1. The average molecular weight is 416 g/mol. The third-order valence-corrected chi connectivity index (χ3v) is 6.07. The molecule has 160 valence electrons. The number of ketones is 1. The lowest BCUT2D eigenvalue weighted by molar-refractivity contribution is -0.143. The van der Waals surface area contributed by atoms with Gasteiger partial charge in [-0.15, -0.1) is 0 Å². The molecule has 1 aliphatic heterocycles. The minimum absolute atomic E-state index is 0.0931. The molecule has 1 aliphatic carbocycles. The lowest BCUT2D eigenvalue weighted by Crippen LogP contribution is -2.36. The van der Waals surface area contributed by atoms with Gasteiger partial charge in [-0.3, -0.25) is 4.79 Å². The molecule has 4 rings (SSSR count). The minimum atomic E-state index is -0.410. The molecular weight excluding hydrogens is 386 g/mol. The molecule has 0 radical (unpaired) electrons. The van der Waals surface area contributed by atoms with Crippen LogP contribution in [-0.2, 0) is 14.3 Å². The normalized spacial score (nSPS) is 21.1. The van der Waals surface area contributed by atoms with Gasteiger partial charge >= 0.3 is 5.97 Å². The van der Waals surface area contributed by atoms with Crippen molar-refractivity contribution in [3.8, 4) is 0 Å². The Morgan fingerprint density at radius 2 is 1.65 bits per heavy atom. The van der Waals surface area contributed by atoms with E-state index in [2.05, 4.69) is 17.4 Å². The van der Waals surface area contributed by atoms with E-state index in [1.807, 2.05) is 70.2 Å². The molecule has 0 saturated carbocycles. The van der Waals surface area contributed by atoms with Crippen LogP contribution in [0.2, 0.25) is 0 Å². The number of hydrogen-bond donors (Lipinski definition) is 1. The second-order valence-corrected chi connectivity index (χ2v) is 8.79. The van der Waals surface area contributed by atoms with Crippen LogP contribution in [0.3, 0.4) is 0 Å². The van der Waals surface area contributed by atoms with Crippen LogP contribution in [0.15, 0.2) is 77.1 Å². The molecule has 4 nitrogen and oxygen atoms in total. The summed E-state index contributed by atoms with van der Waals surface area (Å²) in [7, 11) is 0. The summed E-state index contributed by atoms with van der Waals surface area (Å²) >= 11 is 0. The second kappa shape index (κ2) is 8.54. The van der Waals surface area contributed by atoms with Gasteiger partial charge in [0, 0.05) is 29.3 Å². The number of rotatable bonds is 4. The van der Waals surface area contributed by atoms with Crippen LogP contribution in [0.25, 0.3) is 0 Å². The molecule has 1 N–H and O–H groups in total. The van der Waals surface area contributed by atoms with Gasteiger partial charge in [-0.25, -0.2) is 4.79 Å². The number of benzene rings is 2. The number of ether oxygens (including phenoxy) is 1. The van der Waals surface area contributed by atoms with E-state index >= 15 is 0 Å². The first kappa shape index (κ1) is 21.1. The standard InChI is InChI=1S/C27H29NO3/c1-16(2)31-27(30)24-18(4)28-22-14-21(19-8-6-5-7-9-19)15-23(29)26(22)25(24)20-12-10-17(3)11-13-20/h5-13,16,21,25,28H,14-15H2,1-4H3/t21-,25+/m1/s1. The highest BCUT2D eigenvalue weighted by molar-refractivity contribution is 6.04. The van der Waals surface area contributed by atoms with Crippen LogP contribution in [0.1, 0.15) is 62.1 Å². The number of dihydropyridines is 1. The summed E-state index contributed by atoms with van der Waals surface area (Å²) < 4.78 is 5.57. The Kier molecular flexibility index (Phi) is 5.81. The molecule has 0 amide bonds. The maximum atomic E-state index is 13.5. The Morgan fingerprint density at radius 3 is 2.29 bits per heavy atom. The van der Waals surface area contributed by atoms with Gasteiger partial charge in [0.25, 0.3) is 0 Å². The molecule has 31 heavy (non-hydrogen) atoms. The van der Waals surface area contributed by atoms with Gasteiger partial charge in [0.1, 0.15) is 0 Å². The Balaban J connectivity index is 1.79. The molecule has 0 saturated heterocycles. The molecule has 0 bridgehead atoms. The average Bonchev–Trinajstić information content (AvgIpc) is 2.73. The summed E-state index contributed by atoms with van der Waals surface area (Å²) in [6.45, 7) is 7.61. The molecule has 0 spiro atoms. The van der Waals surface area contributed by atoms with Crippen molar-refractivity contribution in [3.63, 3.8) is 0 Å². The van der Waals surface area contributed by atoms with Crippen molar-refractivity contribution in [1.29, 1.82) is 0 Å². The topological polar surface area (TPSA) is 55.4 Å². The van der Waals surface area contributed by atoms with Crippen LogP contribution >= 0.6 is 0 Å². The maximum Gasteiger partial charge on any atom is 0.337 e. The van der Waals surface area contributed by atoms with Crippen LogP contribution < -0.4 is 5.32 Å². The largest absolute Gasteiger partial charge is 0.460 e. The monoisotopic (exact) mass is 415 g/mol. The molecule has 0 aromatic heterocycles. The Hall–Kier alpha value is -3.14. The van der Waals surface area contributed by atoms with Crippen molar-refractivity contribution in [2.75, 3.05) is 0 Å². The fourth-order valence-corrected chi connectivity index (χ4v) is 4.64. The molecule has 2 aromatic rings. The van der Waals surface area contributed by atoms with E-state index in [4.69, 9.17) is 4.74 Å². The van der Waals surface area contributed by atoms with Crippen molar-refractivity contribution in [3.05, 3.63) is 93.8 Å². The van der Waals surface area contributed by atoms with E-state index in [9.17, 15) is 9.59 Å². The van der Waals surface area contributed by atoms with E-state index in [0.29, 0.717) is 17.6 Å². The highest BCUT2D eigenvalue weighted by Gasteiger charge is 2.41. The van der Waals surface area contributed by atoms with Crippen LogP contribution in [-0.4, -0.2) is 17.9 Å². The van der Waals surface area contributed by atoms with Gasteiger partial charge in [-0.2, -0.15) is 0 Å². The van der Waals surface area contributed by atoms with E-state index < -0.39 is 5.92 Å². The summed E-state index contributed by atoms with van der Waals surface area (Å²) in [6, 6.07) is 18.3. The summed E-state index contributed by atoms with van der Waals surface area (Å²) in [5.41, 5.74) is 6.17. The molecule has 2 aliphatic rings. The van der Waals surface area contributed by atoms with Crippen molar-refractivity contribution in [2.24, 2.45) is 0 Å². The summed E-state index contributed by atoms with van der Waals surface area (Å²) in [5, 5.41) is 3.40. The SMILES string of the molecule is CC1=C(C(=O)OC(C)C)[C@H](c2ccc(C)cc2)C2=C(C[C@@H](c3ccccc3)CC2=O)N1. The summed E-state index contributed by atoms with van der Waals surface area (Å²) in [5.74, 6) is -0.548. The first-order chi connectivity index (χ1) is 14.8. The smallest absolute Gasteiger partial charge is 0.337 e. The lowest BCUT2D eigenvalue weighted by atomic mass is 9.71. The quantitative estimate of drug-likeness (QED) is 0.688. The second-order valence-electron chi connectivity index (χ2n) is 8.79. The van der Waals surface area contributed by atoms with E-state index in [1.165, 1.54) is 5.56 Å². The number of carbonyl (C=O) groups is 2. The fourth-order valence-electron chi connectivity index (χ4n) is 4.64. The van der Waals surface area contributed by atoms with Gasteiger partial charge in [0.05, 0.1) is 11.7 Å². The Morgan fingerprint density at radius 1 is 0.968 bits per heavy atom. The number of hydrogen-bond acceptors (Lipinski definition) is 4. The number of carbonyl (C=O) groups excluding carboxylic acids is 2. The van der Waals surface area contributed by atoms with Crippen molar-refractivity contribution < 1.29 is 14.3 Å². The summed E-state index contributed by atoms with van der Waals surface area (Å²) in [6.07, 6.45) is 0.960. The molecule has 0 fully saturated rings. The van der Waals surface area contributed by atoms with Crippen LogP contribution in [0.5, 0.6) is 0 Å². The van der Waals surface area contributed by atoms with Gasteiger partial charge in [0.15, 0.2) is 5.78 Å². The van der Waals surface area contributed by atoms with Crippen molar-refractivity contribution in [1.82, 2.24) is 5.32 Å². The molecular formula is C27H29NO3. The predicted molar refractivity (Wildman–Crippen MR) is 121 cm³/mol. The van der Waals surface area contributed by atoms with Crippen molar-refractivity contribution >= 4 is 11.8 Å². The van der Waals surface area contributed by atoms with Crippen LogP contribution in [0, 0.1) is 6.92 Å². The zero-order valence-electron chi connectivity index (χ0n) is 18.6. The van der Waals surface area contributed by atoms with E-state index in [0.717, 1.165) is 28.9 Å². The van der Waals surface area contributed by atoms with Gasteiger partial charge in [-0.05, 0) is 51.2 Å². The third-order valence-electron chi connectivity index (χ3n) is 6.07.